The molecule has 7 nitrogen and oxygen atoms in total. The maximum atomic E-state index is 12.6. The van der Waals surface area contributed by atoms with E-state index in [0.29, 0.717) is 23.6 Å². The number of carbonyl (C=O) groups is 1. The third-order valence-electron chi connectivity index (χ3n) is 4.37. The van der Waals surface area contributed by atoms with E-state index in [1.165, 1.54) is 12.1 Å². The molecule has 28 heavy (non-hydrogen) atoms. The van der Waals surface area contributed by atoms with Crippen molar-refractivity contribution in [2.24, 2.45) is 0 Å². The Hall–Kier alpha value is -2.45. The van der Waals surface area contributed by atoms with Crippen LogP contribution in [0.15, 0.2) is 36.4 Å². The number of hydrogen-bond acceptors (Lipinski definition) is 5. The number of rotatable bonds is 6. The van der Waals surface area contributed by atoms with E-state index in [-0.39, 0.29) is 28.8 Å². The molecule has 0 aliphatic carbocycles. The van der Waals surface area contributed by atoms with Crippen LogP contribution in [0.25, 0.3) is 0 Å². The van der Waals surface area contributed by atoms with E-state index in [4.69, 9.17) is 21.1 Å². The molecule has 3 rings (SSSR count). The topological polar surface area (TPSA) is 93.7 Å². The van der Waals surface area contributed by atoms with Crippen molar-refractivity contribution >= 4 is 33.2 Å². The monoisotopic (exact) mass is 424 g/mol. The molecule has 1 heterocycles. The van der Waals surface area contributed by atoms with Crippen LogP contribution < -0.4 is 19.5 Å². The molecular formula is C19H21ClN2O5S. The van der Waals surface area contributed by atoms with Crippen molar-refractivity contribution in [2.45, 2.75) is 19.3 Å². The molecule has 1 amide bonds. The van der Waals surface area contributed by atoms with Gasteiger partial charge >= 0.3 is 0 Å². The number of hydrogen-bond donors (Lipinski definition) is 2. The van der Waals surface area contributed by atoms with Gasteiger partial charge < -0.3 is 14.8 Å². The Bertz CT molecular complexity index is 1020. The zero-order valence-electron chi connectivity index (χ0n) is 15.7. The Labute approximate surface area is 169 Å². The summed E-state index contributed by atoms with van der Waals surface area (Å²) in [6, 6.07) is 10.1. The van der Waals surface area contributed by atoms with Crippen molar-refractivity contribution in [2.75, 3.05) is 24.3 Å². The smallest absolute Gasteiger partial charge is 0.251 e. The van der Waals surface area contributed by atoms with Crippen LogP contribution in [0, 0.1) is 0 Å². The van der Waals surface area contributed by atoms with Gasteiger partial charge in [-0.3, -0.25) is 9.52 Å². The zero-order valence-corrected chi connectivity index (χ0v) is 17.3. The van der Waals surface area contributed by atoms with Crippen molar-refractivity contribution in [3.8, 4) is 11.5 Å². The third-order valence-corrected chi connectivity index (χ3v) is 5.29. The largest absolute Gasteiger partial charge is 0.454 e. The quantitative estimate of drug-likeness (QED) is 0.742. The van der Waals surface area contributed by atoms with Gasteiger partial charge in [0, 0.05) is 17.5 Å². The van der Waals surface area contributed by atoms with E-state index in [1.54, 1.807) is 6.07 Å². The van der Waals surface area contributed by atoms with Gasteiger partial charge in [-0.15, -0.1) is 0 Å². The fourth-order valence-corrected chi connectivity index (χ4v) is 3.56. The normalized spacial score (nSPS) is 13.3. The van der Waals surface area contributed by atoms with Gasteiger partial charge in [0.2, 0.25) is 16.8 Å². The number of carbonyl (C=O) groups excluding carboxylic acids is 1. The predicted octanol–water partition coefficient (Wildman–Crippen LogP) is 3.15. The summed E-state index contributed by atoms with van der Waals surface area (Å²) in [5, 5.41) is 3.09. The lowest BCUT2D eigenvalue weighted by molar-refractivity contribution is 0.0945. The van der Waals surface area contributed by atoms with E-state index >= 15 is 0 Å². The summed E-state index contributed by atoms with van der Waals surface area (Å²) in [6.45, 7) is 4.58. The van der Waals surface area contributed by atoms with E-state index < -0.39 is 10.0 Å². The Morgan fingerprint density at radius 1 is 1.14 bits per heavy atom. The summed E-state index contributed by atoms with van der Waals surface area (Å²) in [7, 11) is -3.51. The first-order chi connectivity index (χ1) is 13.0. The molecule has 9 heteroatoms. The fourth-order valence-electron chi connectivity index (χ4n) is 2.77. The first kappa shape index (κ1) is 20.3. The molecule has 2 aromatic carbocycles. The zero-order chi connectivity index (χ0) is 20.5. The fraction of sp³-hybridized carbons (Fsp3) is 0.316. The average molecular weight is 425 g/mol. The molecule has 1 aliphatic heterocycles. The van der Waals surface area contributed by atoms with Gasteiger partial charge in [0.15, 0.2) is 11.5 Å². The van der Waals surface area contributed by atoms with Crippen molar-refractivity contribution in [3.05, 3.63) is 52.5 Å². The van der Waals surface area contributed by atoms with Gasteiger partial charge in [-0.25, -0.2) is 8.42 Å². The highest BCUT2D eigenvalue weighted by molar-refractivity contribution is 7.92. The summed E-state index contributed by atoms with van der Waals surface area (Å²) in [5.41, 5.74) is 1.09. The summed E-state index contributed by atoms with van der Waals surface area (Å²) >= 11 is 6.00. The molecule has 2 N–H and O–H groups in total. The van der Waals surface area contributed by atoms with Crippen LogP contribution in [0.4, 0.5) is 5.69 Å². The van der Waals surface area contributed by atoms with Crippen LogP contribution >= 0.6 is 11.6 Å². The predicted molar refractivity (Wildman–Crippen MR) is 108 cm³/mol. The third kappa shape index (κ3) is 4.69. The van der Waals surface area contributed by atoms with Crippen molar-refractivity contribution in [3.63, 3.8) is 0 Å². The highest BCUT2D eigenvalue weighted by Crippen LogP contribution is 2.36. The maximum absolute atomic E-state index is 12.6. The number of nitrogens with one attached hydrogen (secondary N) is 2. The number of anilines is 1. The van der Waals surface area contributed by atoms with Gasteiger partial charge in [-0.05, 0) is 35.9 Å². The molecule has 0 saturated carbocycles. The van der Waals surface area contributed by atoms with Crippen LogP contribution in [0.3, 0.4) is 0 Å². The second-order valence-corrected chi connectivity index (χ2v) is 9.36. The van der Waals surface area contributed by atoms with Crippen molar-refractivity contribution in [1.29, 1.82) is 0 Å². The Morgan fingerprint density at radius 3 is 2.57 bits per heavy atom. The average Bonchev–Trinajstić information content (AvgIpc) is 3.08. The molecule has 1 aliphatic rings. The standard InChI is InChI=1S/C19H21ClN2O5S/c1-19(2,13-5-7-16-17(9-13)27-11-26-16)10-21-18(23)12-4-6-14(20)15(8-12)22-28(3,24)25/h4-9,22H,10-11H2,1-3H3,(H,21,23). The Balaban J connectivity index is 1.72. The molecule has 0 saturated heterocycles. The van der Waals surface area contributed by atoms with Crippen LogP contribution in [-0.2, 0) is 15.4 Å². The van der Waals surface area contributed by atoms with Crippen LogP contribution in [0.2, 0.25) is 5.02 Å². The van der Waals surface area contributed by atoms with Crippen molar-refractivity contribution in [1.82, 2.24) is 5.32 Å². The summed E-state index contributed by atoms with van der Waals surface area (Å²) in [5.74, 6) is 1.06. The van der Waals surface area contributed by atoms with Crippen molar-refractivity contribution < 1.29 is 22.7 Å². The van der Waals surface area contributed by atoms with Crippen LogP contribution in [0.5, 0.6) is 11.5 Å². The summed E-state index contributed by atoms with van der Waals surface area (Å²) < 4.78 is 35.9. The number of sulfonamides is 1. The van der Waals surface area contributed by atoms with Gasteiger partial charge in [0.05, 0.1) is 17.0 Å². The lowest BCUT2D eigenvalue weighted by atomic mass is 9.84. The summed E-state index contributed by atoms with van der Waals surface area (Å²) in [4.78, 5) is 12.6. The van der Waals surface area contributed by atoms with Gasteiger partial charge in [0.25, 0.3) is 5.91 Å². The molecule has 0 radical (unpaired) electrons. The molecule has 0 bridgehead atoms. The van der Waals surface area contributed by atoms with Gasteiger partial charge in [-0.2, -0.15) is 0 Å². The SMILES string of the molecule is CC(C)(CNC(=O)c1ccc(Cl)c(NS(C)(=O)=O)c1)c1ccc2c(c1)OCO2. The molecule has 0 aromatic heterocycles. The highest BCUT2D eigenvalue weighted by Gasteiger charge is 2.25. The van der Waals surface area contributed by atoms with E-state index in [2.05, 4.69) is 10.0 Å². The first-order valence-electron chi connectivity index (χ1n) is 8.51. The van der Waals surface area contributed by atoms with Gasteiger partial charge in [0.1, 0.15) is 0 Å². The lowest BCUT2D eigenvalue weighted by Gasteiger charge is -2.26. The minimum atomic E-state index is -3.51. The number of benzene rings is 2. The number of amides is 1. The Morgan fingerprint density at radius 2 is 1.86 bits per heavy atom. The number of halogens is 1. The second-order valence-electron chi connectivity index (χ2n) is 7.20. The molecule has 0 atom stereocenters. The van der Waals surface area contributed by atoms with Crippen LogP contribution in [-0.4, -0.2) is 33.9 Å². The first-order valence-corrected chi connectivity index (χ1v) is 10.8. The van der Waals surface area contributed by atoms with E-state index in [9.17, 15) is 13.2 Å². The number of fused-ring (bicyclic) bond motifs is 1. The molecule has 150 valence electrons. The molecule has 0 unspecified atom stereocenters. The Kier molecular flexibility index (Phi) is 5.45. The maximum Gasteiger partial charge on any atom is 0.251 e. The van der Waals surface area contributed by atoms with E-state index in [0.717, 1.165) is 11.8 Å². The molecule has 0 spiro atoms. The highest BCUT2D eigenvalue weighted by atomic mass is 35.5. The minimum Gasteiger partial charge on any atom is -0.454 e. The number of ether oxygens (including phenoxy) is 2. The minimum absolute atomic E-state index is 0.159. The lowest BCUT2D eigenvalue weighted by Crippen LogP contribution is -2.36. The van der Waals surface area contributed by atoms with Gasteiger partial charge in [-0.1, -0.05) is 31.5 Å². The van der Waals surface area contributed by atoms with Crippen LogP contribution in [0.1, 0.15) is 29.8 Å². The second kappa shape index (κ2) is 7.52. The summed E-state index contributed by atoms with van der Waals surface area (Å²) in [6.07, 6.45) is 1.02. The van der Waals surface area contributed by atoms with E-state index in [1.807, 2.05) is 32.0 Å². The molecule has 0 fully saturated rings. The molecule has 2 aromatic rings. The molecular weight excluding hydrogens is 404 g/mol.